The summed E-state index contributed by atoms with van der Waals surface area (Å²) >= 11 is 0. The Kier molecular flexibility index (Phi) is 6.16. The maximum absolute atomic E-state index is 11.3. The van der Waals surface area contributed by atoms with E-state index in [-0.39, 0.29) is 11.9 Å². The van der Waals surface area contributed by atoms with Crippen LogP contribution in [0.1, 0.15) is 39.5 Å². The number of ether oxygens (including phenoxy) is 1. The summed E-state index contributed by atoms with van der Waals surface area (Å²) in [6, 6.07) is 0. The average Bonchev–Trinajstić information content (AvgIpc) is 2.77. The highest BCUT2D eigenvalue weighted by Crippen LogP contribution is 2.19. The summed E-state index contributed by atoms with van der Waals surface area (Å²) in [6.07, 6.45) is 7.28. The zero-order chi connectivity index (χ0) is 11.8. The molecule has 1 rings (SSSR count). The van der Waals surface area contributed by atoms with Gasteiger partial charge in [0.05, 0.1) is 12.5 Å². The van der Waals surface area contributed by atoms with Crippen molar-refractivity contribution in [2.75, 3.05) is 19.7 Å². The minimum absolute atomic E-state index is 0.0440. The second kappa shape index (κ2) is 7.44. The Bertz CT molecular complexity index is 248. The largest absolute Gasteiger partial charge is 0.466 e. The molecule has 16 heavy (non-hydrogen) atoms. The van der Waals surface area contributed by atoms with Gasteiger partial charge in [-0.1, -0.05) is 18.6 Å². The van der Waals surface area contributed by atoms with Gasteiger partial charge in [0.25, 0.3) is 0 Å². The van der Waals surface area contributed by atoms with E-state index in [1.165, 1.54) is 19.3 Å². The molecular formula is C13H23NO2. The minimum atomic E-state index is -0.102. The lowest BCUT2D eigenvalue weighted by molar-refractivity contribution is -0.147. The number of allylic oxidation sites excluding steroid dienone is 1. The zero-order valence-electron chi connectivity index (χ0n) is 10.4. The number of hydrogen-bond donors (Lipinski definition) is 1. The van der Waals surface area contributed by atoms with Crippen LogP contribution in [0.15, 0.2) is 11.6 Å². The Balaban J connectivity index is 2.03. The molecule has 1 aliphatic rings. The lowest BCUT2D eigenvalue weighted by Gasteiger charge is -2.11. The van der Waals surface area contributed by atoms with Gasteiger partial charge in [0, 0.05) is 6.54 Å². The maximum Gasteiger partial charge on any atom is 0.309 e. The lowest BCUT2D eigenvalue weighted by Crippen LogP contribution is -2.28. The van der Waals surface area contributed by atoms with Gasteiger partial charge in [0.15, 0.2) is 0 Å². The molecule has 1 unspecified atom stereocenters. The van der Waals surface area contributed by atoms with Crippen molar-refractivity contribution in [1.29, 1.82) is 0 Å². The zero-order valence-corrected chi connectivity index (χ0v) is 10.4. The van der Waals surface area contributed by atoms with Gasteiger partial charge in [-0.25, -0.2) is 0 Å². The highest BCUT2D eigenvalue weighted by Gasteiger charge is 2.13. The predicted octanol–water partition coefficient (Wildman–Crippen LogP) is 2.28. The Morgan fingerprint density at radius 1 is 1.62 bits per heavy atom. The first kappa shape index (κ1) is 13.2. The van der Waals surface area contributed by atoms with E-state index in [1.807, 2.05) is 13.8 Å². The van der Waals surface area contributed by atoms with Crippen LogP contribution >= 0.6 is 0 Å². The van der Waals surface area contributed by atoms with E-state index in [2.05, 4.69) is 11.4 Å². The molecule has 0 spiro atoms. The summed E-state index contributed by atoms with van der Waals surface area (Å²) < 4.78 is 4.94. The third-order valence-electron chi connectivity index (χ3n) is 2.90. The SMILES string of the molecule is CCOC(=O)C(C)CNCCC1=CCCC1. The first-order valence-electron chi connectivity index (χ1n) is 6.29. The van der Waals surface area contributed by atoms with Crippen LogP contribution in [0.25, 0.3) is 0 Å². The number of hydrogen-bond acceptors (Lipinski definition) is 3. The number of carbonyl (C=O) groups is 1. The van der Waals surface area contributed by atoms with Crippen LogP contribution < -0.4 is 5.32 Å². The first-order chi connectivity index (χ1) is 7.74. The fourth-order valence-corrected chi connectivity index (χ4v) is 1.90. The molecule has 0 saturated heterocycles. The van der Waals surface area contributed by atoms with Gasteiger partial charge in [-0.05, 0) is 39.2 Å². The van der Waals surface area contributed by atoms with Crippen molar-refractivity contribution in [3.8, 4) is 0 Å². The molecule has 0 aromatic heterocycles. The topological polar surface area (TPSA) is 38.3 Å². The van der Waals surface area contributed by atoms with Crippen molar-refractivity contribution in [2.45, 2.75) is 39.5 Å². The Morgan fingerprint density at radius 3 is 3.06 bits per heavy atom. The summed E-state index contributed by atoms with van der Waals surface area (Å²) in [7, 11) is 0. The summed E-state index contributed by atoms with van der Waals surface area (Å²) in [5.74, 6) is -0.146. The molecule has 0 aliphatic heterocycles. The molecule has 0 aromatic carbocycles. The lowest BCUT2D eigenvalue weighted by atomic mass is 10.1. The Morgan fingerprint density at radius 2 is 2.44 bits per heavy atom. The fraction of sp³-hybridized carbons (Fsp3) is 0.769. The van der Waals surface area contributed by atoms with Crippen LogP contribution in [0.4, 0.5) is 0 Å². The fourth-order valence-electron chi connectivity index (χ4n) is 1.90. The van der Waals surface area contributed by atoms with Gasteiger partial charge in [-0.2, -0.15) is 0 Å². The molecule has 0 fully saturated rings. The molecule has 0 radical (unpaired) electrons. The van der Waals surface area contributed by atoms with E-state index < -0.39 is 0 Å². The second-order valence-electron chi connectivity index (χ2n) is 4.36. The third-order valence-corrected chi connectivity index (χ3v) is 2.90. The number of nitrogens with one attached hydrogen (secondary N) is 1. The third kappa shape index (κ3) is 4.79. The van der Waals surface area contributed by atoms with E-state index in [0.717, 1.165) is 13.0 Å². The Hall–Kier alpha value is -0.830. The molecule has 1 aliphatic carbocycles. The minimum Gasteiger partial charge on any atom is -0.466 e. The molecule has 1 atom stereocenters. The van der Waals surface area contributed by atoms with Crippen LogP contribution in [0.2, 0.25) is 0 Å². The molecule has 3 heteroatoms. The molecule has 92 valence electrons. The molecule has 0 heterocycles. The Labute approximate surface area is 98.2 Å². The van der Waals surface area contributed by atoms with Crippen molar-refractivity contribution < 1.29 is 9.53 Å². The van der Waals surface area contributed by atoms with Crippen molar-refractivity contribution in [2.24, 2.45) is 5.92 Å². The molecule has 0 amide bonds. The van der Waals surface area contributed by atoms with Crippen LogP contribution in [-0.4, -0.2) is 25.7 Å². The van der Waals surface area contributed by atoms with E-state index in [1.54, 1.807) is 5.57 Å². The summed E-state index contributed by atoms with van der Waals surface area (Å²) in [6.45, 7) is 5.89. The normalized spacial score (nSPS) is 17.0. The van der Waals surface area contributed by atoms with Gasteiger partial charge in [0.1, 0.15) is 0 Å². The van der Waals surface area contributed by atoms with Crippen LogP contribution in [-0.2, 0) is 9.53 Å². The first-order valence-corrected chi connectivity index (χ1v) is 6.29. The monoisotopic (exact) mass is 225 g/mol. The molecule has 0 bridgehead atoms. The van der Waals surface area contributed by atoms with E-state index in [4.69, 9.17) is 4.74 Å². The molecule has 0 aromatic rings. The van der Waals surface area contributed by atoms with Gasteiger partial charge in [-0.15, -0.1) is 0 Å². The van der Waals surface area contributed by atoms with Crippen LogP contribution in [0, 0.1) is 5.92 Å². The smallest absolute Gasteiger partial charge is 0.309 e. The molecule has 0 saturated carbocycles. The molecule has 3 nitrogen and oxygen atoms in total. The van der Waals surface area contributed by atoms with Crippen molar-refractivity contribution in [1.82, 2.24) is 5.32 Å². The van der Waals surface area contributed by atoms with Gasteiger partial charge in [0.2, 0.25) is 0 Å². The summed E-state index contributed by atoms with van der Waals surface area (Å²) in [5, 5.41) is 3.31. The number of rotatable bonds is 7. The second-order valence-corrected chi connectivity index (χ2v) is 4.36. The van der Waals surface area contributed by atoms with Gasteiger partial charge < -0.3 is 10.1 Å². The van der Waals surface area contributed by atoms with Gasteiger partial charge >= 0.3 is 5.97 Å². The number of esters is 1. The highest BCUT2D eigenvalue weighted by atomic mass is 16.5. The highest BCUT2D eigenvalue weighted by molar-refractivity contribution is 5.72. The quantitative estimate of drug-likeness (QED) is 0.410. The van der Waals surface area contributed by atoms with Gasteiger partial charge in [-0.3, -0.25) is 4.79 Å². The average molecular weight is 225 g/mol. The van der Waals surface area contributed by atoms with Crippen LogP contribution in [0.5, 0.6) is 0 Å². The molecule has 1 N–H and O–H groups in total. The van der Waals surface area contributed by atoms with Crippen molar-refractivity contribution in [3.63, 3.8) is 0 Å². The number of carbonyl (C=O) groups excluding carboxylic acids is 1. The van der Waals surface area contributed by atoms with E-state index in [0.29, 0.717) is 13.2 Å². The van der Waals surface area contributed by atoms with E-state index >= 15 is 0 Å². The van der Waals surface area contributed by atoms with Crippen molar-refractivity contribution in [3.05, 3.63) is 11.6 Å². The molecular weight excluding hydrogens is 202 g/mol. The summed E-state index contributed by atoms with van der Waals surface area (Å²) in [4.78, 5) is 11.3. The predicted molar refractivity (Wildman–Crippen MR) is 65.2 cm³/mol. The standard InChI is InChI=1S/C13H23NO2/c1-3-16-13(15)11(2)10-14-9-8-12-6-4-5-7-12/h6,11,14H,3-5,7-10H2,1-2H3. The van der Waals surface area contributed by atoms with Crippen molar-refractivity contribution >= 4 is 5.97 Å². The summed E-state index contributed by atoms with van der Waals surface area (Å²) in [5.41, 5.74) is 1.57. The van der Waals surface area contributed by atoms with E-state index in [9.17, 15) is 4.79 Å². The van der Waals surface area contributed by atoms with Crippen LogP contribution in [0.3, 0.4) is 0 Å². The maximum atomic E-state index is 11.3.